The highest BCUT2D eigenvalue weighted by Gasteiger charge is 2.11. The fourth-order valence-corrected chi connectivity index (χ4v) is 2.31. The summed E-state index contributed by atoms with van der Waals surface area (Å²) in [5, 5.41) is 1.14. The predicted octanol–water partition coefficient (Wildman–Crippen LogP) is 1.66. The number of hydrogen-bond acceptors (Lipinski definition) is 2. The van der Waals surface area contributed by atoms with Crippen LogP contribution in [-0.4, -0.2) is 11.1 Å². The van der Waals surface area contributed by atoms with Crippen LogP contribution in [0.25, 0.3) is 10.9 Å². The first-order chi connectivity index (χ1) is 8.06. The topological polar surface area (TPSA) is 48.0 Å². The van der Waals surface area contributed by atoms with E-state index in [1.165, 1.54) is 5.56 Å². The molecule has 0 fully saturated rings. The lowest BCUT2D eigenvalue weighted by Crippen LogP contribution is -2.25. The summed E-state index contributed by atoms with van der Waals surface area (Å²) in [6.07, 6.45) is 0.641. The lowest BCUT2D eigenvalue weighted by molar-refractivity contribution is 0.849. The van der Waals surface area contributed by atoms with Crippen LogP contribution in [0.5, 0.6) is 0 Å². The zero-order valence-corrected chi connectivity index (χ0v) is 10.6. The zero-order chi connectivity index (χ0) is 12.6. The van der Waals surface area contributed by atoms with Gasteiger partial charge in [-0.3, -0.25) is 4.79 Å². The highest BCUT2D eigenvalue weighted by Crippen LogP contribution is 2.20. The van der Waals surface area contributed by atoms with E-state index in [2.05, 4.69) is 18.2 Å². The van der Waals surface area contributed by atoms with Crippen molar-refractivity contribution in [3.8, 4) is 0 Å². The third kappa shape index (κ3) is 1.87. The Balaban J connectivity index is 2.89. The van der Waals surface area contributed by atoms with Crippen molar-refractivity contribution in [3.63, 3.8) is 0 Å². The van der Waals surface area contributed by atoms with Crippen LogP contribution in [0.1, 0.15) is 16.7 Å². The maximum atomic E-state index is 12.2. The molecule has 0 aliphatic heterocycles. The second-order valence-corrected chi connectivity index (χ2v) is 4.53. The monoisotopic (exact) mass is 230 g/mol. The van der Waals surface area contributed by atoms with E-state index in [-0.39, 0.29) is 5.56 Å². The Kier molecular flexibility index (Phi) is 3.03. The van der Waals surface area contributed by atoms with Crippen molar-refractivity contribution in [1.82, 2.24) is 4.57 Å². The number of benzene rings is 1. The molecule has 0 unspecified atom stereocenters. The number of fused-ring (bicyclic) bond motifs is 1. The van der Waals surface area contributed by atoms with E-state index in [1.807, 2.05) is 20.9 Å². The second-order valence-electron chi connectivity index (χ2n) is 4.53. The summed E-state index contributed by atoms with van der Waals surface area (Å²) in [4.78, 5) is 12.2. The minimum atomic E-state index is 0.0750. The van der Waals surface area contributed by atoms with Gasteiger partial charge >= 0.3 is 0 Å². The van der Waals surface area contributed by atoms with E-state index < -0.39 is 0 Å². The standard InChI is InChI=1S/C14H18N2O/c1-9-4-5-11-10(2)12(6-7-15)14(17)16(3)13(11)8-9/h4-5,8H,6-7,15H2,1-3H3. The highest BCUT2D eigenvalue weighted by molar-refractivity contribution is 5.84. The molecule has 3 heteroatoms. The number of nitrogens with zero attached hydrogens (tertiary/aromatic N) is 1. The SMILES string of the molecule is Cc1ccc2c(C)c(CCN)c(=O)n(C)c2c1. The van der Waals surface area contributed by atoms with Crippen LogP contribution >= 0.6 is 0 Å². The van der Waals surface area contributed by atoms with Crippen LogP contribution in [0.2, 0.25) is 0 Å². The summed E-state index contributed by atoms with van der Waals surface area (Å²) in [6, 6.07) is 6.21. The maximum absolute atomic E-state index is 12.2. The molecule has 0 spiro atoms. The van der Waals surface area contributed by atoms with Gasteiger partial charge in [-0.1, -0.05) is 12.1 Å². The van der Waals surface area contributed by atoms with E-state index in [1.54, 1.807) is 4.57 Å². The fraction of sp³-hybridized carbons (Fsp3) is 0.357. The molecule has 90 valence electrons. The van der Waals surface area contributed by atoms with Gasteiger partial charge in [0.25, 0.3) is 5.56 Å². The van der Waals surface area contributed by atoms with E-state index in [9.17, 15) is 4.79 Å². The number of nitrogens with two attached hydrogens (primary N) is 1. The van der Waals surface area contributed by atoms with Gasteiger partial charge in [0.1, 0.15) is 0 Å². The van der Waals surface area contributed by atoms with Crippen LogP contribution in [0.3, 0.4) is 0 Å². The molecule has 0 saturated heterocycles. The van der Waals surface area contributed by atoms with Gasteiger partial charge in [-0.2, -0.15) is 0 Å². The molecule has 0 bridgehead atoms. The molecule has 17 heavy (non-hydrogen) atoms. The molecule has 1 aromatic carbocycles. The summed E-state index contributed by atoms with van der Waals surface area (Å²) < 4.78 is 1.72. The van der Waals surface area contributed by atoms with Gasteiger partial charge in [0, 0.05) is 18.0 Å². The Morgan fingerprint density at radius 2 is 2.00 bits per heavy atom. The van der Waals surface area contributed by atoms with Crippen molar-refractivity contribution in [1.29, 1.82) is 0 Å². The average Bonchev–Trinajstić information content (AvgIpc) is 2.32. The minimum Gasteiger partial charge on any atom is -0.330 e. The molecule has 0 atom stereocenters. The van der Waals surface area contributed by atoms with E-state index in [4.69, 9.17) is 5.73 Å². The lowest BCUT2D eigenvalue weighted by Gasteiger charge is -2.13. The zero-order valence-electron chi connectivity index (χ0n) is 10.6. The maximum Gasteiger partial charge on any atom is 0.254 e. The Morgan fingerprint density at radius 3 is 2.65 bits per heavy atom. The van der Waals surface area contributed by atoms with Crippen molar-refractivity contribution < 1.29 is 0 Å². The van der Waals surface area contributed by atoms with Crippen LogP contribution in [0.15, 0.2) is 23.0 Å². The van der Waals surface area contributed by atoms with Crippen molar-refractivity contribution in [3.05, 3.63) is 45.2 Å². The third-order valence-electron chi connectivity index (χ3n) is 3.33. The molecule has 2 N–H and O–H groups in total. The molecule has 2 aromatic rings. The normalized spacial score (nSPS) is 11.1. The van der Waals surface area contributed by atoms with Crippen molar-refractivity contribution in [2.45, 2.75) is 20.3 Å². The fourth-order valence-electron chi connectivity index (χ4n) is 2.31. The number of aromatic nitrogens is 1. The molecular formula is C14H18N2O. The number of aryl methyl sites for hydroxylation is 3. The first kappa shape index (κ1) is 11.9. The average molecular weight is 230 g/mol. The van der Waals surface area contributed by atoms with Crippen LogP contribution in [-0.2, 0) is 13.5 Å². The van der Waals surface area contributed by atoms with Gasteiger partial charge in [0.2, 0.25) is 0 Å². The first-order valence-corrected chi connectivity index (χ1v) is 5.85. The quantitative estimate of drug-likeness (QED) is 0.853. The first-order valence-electron chi connectivity index (χ1n) is 5.85. The Morgan fingerprint density at radius 1 is 1.29 bits per heavy atom. The number of rotatable bonds is 2. The van der Waals surface area contributed by atoms with Crippen molar-refractivity contribution in [2.24, 2.45) is 12.8 Å². The Hall–Kier alpha value is -1.61. The summed E-state index contributed by atoms with van der Waals surface area (Å²) in [7, 11) is 1.82. The molecule has 3 nitrogen and oxygen atoms in total. The van der Waals surface area contributed by atoms with Gasteiger partial charge in [0.15, 0.2) is 0 Å². The molecule has 0 aliphatic rings. The van der Waals surface area contributed by atoms with Gasteiger partial charge in [-0.05, 0) is 44.0 Å². The predicted molar refractivity (Wildman–Crippen MR) is 71.4 cm³/mol. The molecular weight excluding hydrogens is 212 g/mol. The minimum absolute atomic E-state index is 0.0750. The number of pyridine rings is 1. The van der Waals surface area contributed by atoms with Gasteiger partial charge in [-0.25, -0.2) is 0 Å². The second kappa shape index (κ2) is 4.34. The molecule has 0 saturated carbocycles. The van der Waals surface area contributed by atoms with Crippen molar-refractivity contribution >= 4 is 10.9 Å². The third-order valence-corrected chi connectivity index (χ3v) is 3.33. The highest BCUT2D eigenvalue weighted by atomic mass is 16.1. The Labute approximate surface area is 101 Å². The van der Waals surface area contributed by atoms with Gasteiger partial charge in [-0.15, -0.1) is 0 Å². The summed E-state index contributed by atoms with van der Waals surface area (Å²) >= 11 is 0. The lowest BCUT2D eigenvalue weighted by atomic mass is 10.0. The van der Waals surface area contributed by atoms with Crippen molar-refractivity contribution in [2.75, 3.05) is 6.54 Å². The number of hydrogen-bond donors (Lipinski definition) is 1. The Bertz CT molecular complexity index is 626. The van der Waals surface area contributed by atoms with E-state index in [0.29, 0.717) is 13.0 Å². The van der Waals surface area contributed by atoms with Crippen LogP contribution in [0, 0.1) is 13.8 Å². The summed E-state index contributed by atoms with van der Waals surface area (Å²) in [5.41, 5.74) is 9.71. The molecule has 2 rings (SSSR count). The summed E-state index contributed by atoms with van der Waals surface area (Å²) in [6.45, 7) is 4.55. The van der Waals surface area contributed by atoms with E-state index >= 15 is 0 Å². The smallest absolute Gasteiger partial charge is 0.254 e. The molecule has 1 heterocycles. The van der Waals surface area contributed by atoms with Gasteiger partial charge in [0.05, 0.1) is 5.52 Å². The largest absolute Gasteiger partial charge is 0.330 e. The van der Waals surface area contributed by atoms with E-state index in [0.717, 1.165) is 22.0 Å². The molecule has 0 amide bonds. The molecule has 1 aromatic heterocycles. The molecule has 0 radical (unpaired) electrons. The summed E-state index contributed by atoms with van der Waals surface area (Å²) in [5.74, 6) is 0. The van der Waals surface area contributed by atoms with Crippen LogP contribution < -0.4 is 11.3 Å². The van der Waals surface area contributed by atoms with Gasteiger partial charge < -0.3 is 10.3 Å². The molecule has 0 aliphatic carbocycles. The van der Waals surface area contributed by atoms with Crippen LogP contribution in [0.4, 0.5) is 0 Å².